The summed E-state index contributed by atoms with van der Waals surface area (Å²) in [6, 6.07) is 0.694. The van der Waals surface area contributed by atoms with Crippen LogP contribution in [-0.2, 0) is 19.2 Å². The van der Waals surface area contributed by atoms with E-state index in [0.29, 0.717) is 18.6 Å². The van der Waals surface area contributed by atoms with E-state index in [1.54, 1.807) is 0 Å². The van der Waals surface area contributed by atoms with Crippen LogP contribution in [0.1, 0.15) is 65.2 Å². The largest absolute Gasteiger partial charge is 0.367 e. The molecule has 0 aromatic rings. The van der Waals surface area contributed by atoms with Crippen LogP contribution in [0.2, 0.25) is 0 Å². The van der Waals surface area contributed by atoms with Gasteiger partial charge in [-0.05, 0) is 57.3 Å². The van der Waals surface area contributed by atoms with Crippen molar-refractivity contribution in [1.29, 1.82) is 0 Å². The minimum absolute atomic E-state index is 0.0648. The minimum Gasteiger partial charge on any atom is -0.367 e. The first-order valence-electron chi connectivity index (χ1n) is 10.1. The fourth-order valence-electron chi connectivity index (χ4n) is 4.48. The van der Waals surface area contributed by atoms with E-state index in [1.807, 2.05) is 5.06 Å². The lowest BCUT2D eigenvalue weighted by atomic mass is 9.82. The van der Waals surface area contributed by atoms with Gasteiger partial charge in [-0.25, -0.2) is 0 Å². The average Bonchev–Trinajstić information content (AvgIpc) is 3.19. The number of carbonyl (C=O) groups excluding carboxylic acids is 3. The van der Waals surface area contributed by atoms with Crippen LogP contribution in [0.15, 0.2) is 12.2 Å². The summed E-state index contributed by atoms with van der Waals surface area (Å²) >= 11 is 0. The average molecular weight is 362 g/mol. The second kappa shape index (κ2) is 8.33. The molecule has 1 saturated heterocycles. The molecule has 0 spiro atoms. The molecule has 2 fully saturated rings. The molecule has 1 saturated carbocycles. The Kier molecular flexibility index (Phi) is 6.12. The number of hydrogen-bond donors (Lipinski definition) is 0. The molecule has 3 rings (SSSR count). The molecule has 0 N–H and O–H groups in total. The van der Waals surface area contributed by atoms with E-state index >= 15 is 0 Å². The molecule has 0 radical (unpaired) electrons. The van der Waals surface area contributed by atoms with Crippen molar-refractivity contribution >= 4 is 17.8 Å². The monoisotopic (exact) mass is 362 g/mol. The van der Waals surface area contributed by atoms with E-state index in [-0.39, 0.29) is 29.6 Å². The van der Waals surface area contributed by atoms with Gasteiger partial charge < -0.3 is 4.84 Å². The SMILES string of the molecule is CCC1CCC(CC)N1OC(=O)C1CCC(CN2C(=O)C=CC2=O)CC1. The Labute approximate surface area is 155 Å². The van der Waals surface area contributed by atoms with Gasteiger partial charge in [-0.15, -0.1) is 5.06 Å². The topological polar surface area (TPSA) is 66.9 Å². The maximum Gasteiger partial charge on any atom is 0.328 e. The predicted molar refractivity (Wildman–Crippen MR) is 96.6 cm³/mol. The van der Waals surface area contributed by atoms with Crippen molar-refractivity contribution in [2.45, 2.75) is 77.3 Å². The lowest BCUT2D eigenvalue weighted by molar-refractivity contribution is -0.212. The molecule has 0 aromatic carbocycles. The van der Waals surface area contributed by atoms with Crippen LogP contribution in [0.3, 0.4) is 0 Å². The molecular weight excluding hydrogens is 332 g/mol. The van der Waals surface area contributed by atoms with Gasteiger partial charge in [0.15, 0.2) is 0 Å². The highest BCUT2D eigenvalue weighted by Gasteiger charge is 2.37. The van der Waals surface area contributed by atoms with E-state index in [0.717, 1.165) is 51.4 Å². The zero-order valence-corrected chi connectivity index (χ0v) is 15.9. The second-order valence-electron chi connectivity index (χ2n) is 7.81. The summed E-state index contributed by atoms with van der Waals surface area (Å²) in [5.74, 6) is -0.323. The van der Waals surface area contributed by atoms with Gasteiger partial charge in [-0.3, -0.25) is 19.3 Å². The summed E-state index contributed by atoms with van der Waals surface area (Å²) in [6.45, 7) is 4.75. The van der Waals surface area contributed by atoms with Gasteiger partial charge in [0, 0.05) is 30.8 Å². The molecule has 144 valence electrons. The molecule has 2 heterocycles. The molecule has 6 heteroatoms. The van der Waals surface area contributed by atoms with E-state index in [1.165, 1.54) is 17.1 Å². The molecule has 2 atom stereocenters. The molecule has 0 aromatic heterocycles. The van der Waals surface area contributed by atoms with Crippen molar-refractivity contribution in [1.82, 2.24) is 9.96 Å². The number of hydroxylamine groups is 2. The second-order valence-corrected chi connectivity index (χ2v) is 7.81. The zero-order chi connectivity index (χ0) is 18.7. The van der Waals surface area contributed by atoms with Gasteiger partial charge in [0.25, 0.3) is 11.8 Å². The Hall–Kier alpha value is -1.69. The first kappa shape index (κ1) is 19.1. The van der Waals surface area contributed by atoms with Crippen LogP contribution in [0.5, 0.6) is 0 Å². The Morgan fingerprint density at radius 2 is 1.50 bits per heavy atom. The summed E-state index contributed by atoms with van der Waals surface area (Å²) in [5, 5.41) is 1.96. The van der Waals surface area contributed by atoms with Crippen molar-refractivity contribution in [3.63, 3.8) is 0 Å². The van der Waals surface area contributed by atoms with Crippen molar-refractivity contribution in [2.24, 2.45) is 11.8 Å². The normalized spacial score (nSPS) is 32.5. The third kappa shape index (κ3) is 4.00. The van der Waals surface area contributed by atoms with Crippen molar-refractivity contribution in [3.8, 4) is 0 Å². The third-order valence-electron chi connectivity index (χ3n) is 6.21. The van der Waals surface area contributed by atoms with Crippen molar-refractivity contribution in [3.05, 3.63) is 12.2 Å². The highest BCUT2D eigenvalue weighted by atomic mass is 16.7. The standard InChI is InChI=1S/C20H30N2O4/c1-3-16-9-10-17(4-2)22(16)26-20(25)15-7-5-14(6-8-15)13-21-18(23)11-12-19(21)24/h11-12,14-17H,3-10,13H2,1-2H3. The van der Waals surface area contributed by atoms with Gasteiger partial charge in [0.1, 0.15) is 0 Å². The number of imide groups is 1. The number of nitrogens with zero attached hydrogens (tertiary/aromatic N) is 2. The van der Waals surface area contributed by atoms with Crippen LogP contribution >= 0.6 is 0 Å². The fraction of sp³-hybridized carbons (Fsp3) is 0.750. The number of amides is 2. The number of rotatable bonds is 6. The van der Waals surface area contributed by atoms with Crippen LogP contribution in [0.4, 0.5) is 0 Å². The molecule has 2 unspecified atom stereocenters. The fourth-order valence-corrected chi connectivity index (χ4v) is 4.48. The van der Waals surface area contributed by atoms with E-state index < -0.39 is 0 Å². The molecule has 3 aliphatic rings. The molecular formula is C20H30N2O4. The summed E-state index contributed by atoms with van der Waals surface area (Å²) in [5.41, 5.74) is 0. The summed E-state index contributed by atoms with van der Waals surface area (Å²) < 4.78 is 0. The highest BCUT2D eigenvalue weighted by Crippen LogP contribution is 2.33. The molecule has 2 aliphatic heterocycles. The Morgan fingerprint density at radius 3 is 2.00 bits per heavy atom. The summed E-state index contributed by atoms with van der Waals surface area (Å²) in [4.78, 5) is 43.1. The lowest BCUT2D eigenvalue weighted by Crippen LogP contribution is -2.40. The van der Waals surface area contributed by atoms with E-state index in [9.17, 15) is 14.4 Å². The number of carbonyl (C=O) groups is 3. The highest BCUT2D eigenvalue weighted by molar-refractivity contribution is 6.12. The molecule has 0 bridgehead atoms. The molecule has 2 amide bonds. The number of hydrogen-bond acceptors (Lipinski definition) is 5. The summed E-state index contributed by atoms with van der Waals surface area (Å²) in [6.07, 6.45) is 10.1. The zero-order valence-electron chi connectivity index (χ0n) is 15.9. The van der Waals surface area contributed by atoms with Crippen molar-refractivity contribution in [2.75, 3.05) is 6.54 Å². The van der Waals surface area contributed by atoms with Crippen LogP contribution in [0, 0.1) is 11.8 Å². The smallest absolute Gasteiger partial charge is 0.328 e. The van der Waals surface area contributed by atoms with Crippen molar-refractivity contribution < 1.29 is 19.2 Å². The van der Waals surface area contributed by atoms with Gasteiger partial charge in [-0.2, -0.15) is 0 Å². The van der Waals surface area contributed by atoms with Crippen LogP contribution in [-0.4, -0.2) is 46.4 Å². The summed E-state index contributed by atoms with van der Waals surface area (Å²) in [7, 11) is 0. The Morgan fingerprint density at radius 1 is 0.962 bits per heavy atom. The Balaban J connectivity index is 1.47. The van der Waals surface area contributed by atoms with Crippen LogP contribution < -0.4 is 0 Å². The lowest BCUT2D eigenvalue weighted by Gasteiger charge is -2.32. The van der Waals surface area contributed by atoms with Gasteiger partial charge >= 0.3 is 5.97 Å². The maximum absolute atomic E-state index is 12.6. The molecule has 6 nitrogen and oxygen atoms in total. The minimum atomic E-state index is -0.221. The van der Waals surface area contributed by atoms with E-state index in [2.05, 4.69) is 13.8 Å². The van der Waals surface area contributed by atoms with E-state index in [4.69, 9.17) is 4.84 Å². The first-order chi connectivity index (χ1) is 12.5. The van der Waals surface area contributed by atoms with Crippen LogP contribution in [0.25, 0.3) is 0 Å². The first-order valence-corrected chi connectivity index (χ1v) is 10.1. The van der Waals surface area contributed by atoms with Gasteiger partial charge in [0.2, 0.25) is 0 Å². The maximum atomic E-state index is 12.6. The predicted octanol–water partition coefficient (Wildman–Crippen LogP) is 2.83. The third-order valence-corrected chi connectivity index (χ3v) is 6.21. The van der Waals surface area contributed by atoms with Gasteiger partial charge in [0.05, 0.1) is 5.92 Å². The molecule has 1 aliphatic carbocycles. The van der Waals surface area contributed by atoms with Gasteiger partial charge in [-0.1, -0.05) is 13.8 Å². The Bertz CT molecular complexity index is 550. The quantitative estimate of drug-likeness (QED) is 0.680. The molecule has 26 heavy (non-hydrogen) atoms.